The highest BCUT2D eigenvalue weighted by atomic mass is 19.1. The van der Waals surface area contributed by atoms with Crippen LogP contribution in [0.1, 0.15) is 31.4 Å². The Labute approximate surface area is 135 Å². The van der Waals surface area contributed by atoms with Gasteiger partial charge in [-0.1, -0.05) is 6.07 Å². The number of carbonyl (C=O) groups excluding carboxylic acids is 2. The number of hydrogen-bond donors (Lipinski definition) is 0. The first-order chi connectivity index (χ1) is 11.1. The molecule has 1 aromatic heterocycles. The van der Waals surface area contributed by atoms with Crippen molar-refractivity contribution >= 4 is 11.8 Å². The number of carbonyl (C=O) groups is 2. The molecule has 0 bridgehead atoms. The first-order valence-electron chi connectivity index (χ1n) is 8.24. The van der Waals surface area contributed by atoms with Crippen molar-refractivity contribution in [3.63, 3.8) is 0 Å². The van der Waals surface area contributed by atoms with Gasteiger partial charge < -0.3 is 9.80 Å². The van der Waals surface area contributed by atoms with E-state index in [1.54, 1.807) is 16.0 Å². The third-order valence-corrected chi connectivity index (χ3v) is 4.72. The molecule has 6 heteroatoms. The number of alkyl halides is 1. The summed E-state index contributed by atoms with van der Waals surface area (Å²) >= 11 is 0. The lowest BCUT2D eigenvalue weighted by Gasteiger charge is -2.36. The van der Waals surface area contributed by atoms with E-state index in [0.717, 1.165) is 12.1 Å². The van der Waals surface area contributed by atoms with Gasteiger partial charge in [0.1, 0.15) is 0 Å². The second-order valence-electron chi connectivity index (χ2n) is 6.34. The molecular weight excluding hydrogens is 297 g/mol. The maximum atomic E-state index is 14.3. The van der Waals surface area contributed by atoms with Gasteiger partial charge in [0.05, 0.1) is 6.42 Å². The summed E-state index contributed by atoms with van der Waals surface area (Å²) in [5.74, 6) is -0.376. The first-order valence-corrected chi connectivity index (χ1v) is 8.24. The summed E-state index contributed by atoms with van der Waals surface area (Å²) in [6.07, 6.45) is 4.09. The van der Waals surface area contributed by atoms with Gasteiger partial charge in [0, 0.05) is 38.1 Å². The maximum absolute atomic E-state index is 14.3. The van der Waals surface area contributed by atoms with E-state index in [1.807, 2.05) is 18.2 Å². The summed E-state index contributed by atoms with van der Waals surface area (Å²) in [4.78, 5) is 32.1. The van der Waals surface area contributed by atoms with Crippen LogP contribution in [0, 0.1) is 0 Å². The molecule has 124 valence electrons. The van der Waals surface area contributed by atoms with Crippen molar-refractivity contribution in [1.29, 1.82) is 0 Å². The SMILES string of the molecule is O=C(Cc1ccccn1)N1CCCN(C(=O)C2(F)CCC2)CC1. The Morgan fingerprint density at radius 2 is 1.83 bits per heavy atom. The average molecular weight is 319 g/mol. The molecule has 1 aromatic rings. The number of hydrogen-bond acceptors (Lipinski definition) is 3. The van der Waals surface area contributed by atoms with E-state index < -0.39 is 5.67 Å². The smallest absolute Gasteiger partial charge is 0.260 e. The van der Waals surface area contributed by atoms with Gasteiger partial charge in [0.2, 0.25) is 5.91 Å². The summed E-state index contributed by atoms with van der Waals surface area (Å²) in [5.41, 5.74) is -0.903. The third kappa shape index (κ3) is 3.51. The minimum atomic E-state index is -1.65. The summed E-state index contributed by atoms with van der Waals surface area (Å²) in [5, 5.41) is 0. The molecule has 1 saturated carbocycles. The zero-order chi connectivity index (χ0) is 16.3. The molecule has 5 nitrogen and oxygen atoms in total. The molecule has 1 saturated heterocycles. The topological polar surface area (TPSA) is 53.5 Å². The summed E-state index contributed by atoms with van der Waals surface area (Å²) in [6.45, 7) is 2.01. The van der Waals surface area contributed by atoms with E-state index in [2.05, 4.69) is 4.98 Å². The Kier molecular flexibility index (Phi) is 4.59. The van der Waals surface area contributed by atoms with Crippen molar-refractivity contribution in [3.8, 4) is 0 Å². The van der Waals surface area contributed by atoms with Crippen molar-refractivity contribution in [2.24, 2.45) is 0 Å². The quantitative estimate of drug-likeness (QED) is 0.850. The number of nitrogens with zero attached hydrogens (tertiary/aromatic N) is 3. The Bertz CT molecular complexity index is 574. The molecule has 0 N–H and O–H groups in total. The number of amides is 2. The average Bonchev–Trinajstić information content (AvgIpc) is 2.79. The minimum Gasteiger partial charge on any atom is -0.341 e. The number of halogens is 1. The van der Waals surface area contributed by atoms with Crippen molar-refractivity contribution < 1.29 is 14.0 Å². The summed E-state index contributed by atoms with van der Waals surface area (Å²) < 4.78 is 14.3. The Morgan fingerprint density at radius 1 is 1.09 bits per heavy atom. The van der Waals surface area contributed by atoms with Crippen LogP contribution in [0.25, 0.3) is 0 Å². The number of pyridine rings is 1. The van der Waals surface area contributed by atoms with Gasteiger partial charge in [-0.2, -0.15) is 0 Å². The normalized spacial score (nSPS) is 20.6. The second-order valence-corrected chi connectivity index (χ2v) is 6.34. The van der Waals surface area contributed by atoms with Gasteiger partial charge in [-0.3, -0.25) is 14.6 Å². The highest BCUT2D eigenvalue weighted by Crippen LogP contribution is 2.37. The number of aromatic nitrogens is 1. The Morgan fingerprint density at radius 3 is 2.48 bits per heavy atom. The molecule has 2 fully saturated rings. The fourth-order valence-corrected chi connectivity index (χ4v) is 3.12. The predicted molar refractivity (Wildman–Crippen MR) is 83.4 cm³/mol. The van der Waals surface area contributed by atoms with E-state index >= 15 is 0 Å². The largest absolute Gasteiger partial charge is 0.341 e. The van der Waals surface area contributed by atoms with Crippen LogP contribution in [0.3, 0.4) is 0 Å². The summed E-state index contributed by atoms with van der Waals surface area (Å²) in [7, 11) is 0. The molecule has 1 aliphatic heterocycles. The van der Waals surface area contributed by atoms with Crippen LogP contribution in [0.4, 0.5) is 4.39 Å². The summed E-state index contributed by atoms with van der Waals surface area (Å²) in [6, 6.07) is 5.50. The van der Waals surface area contributed by atoms with Gasteiger partial charge >= 0.3 is 0 Å². The van der Waals surface area contributed by atoms with Crippen molar-refractivity contribution in [3.05, 3.63) is 30.1 Å². The molecule has 0 radical (unpaired) electrons. The molecule has 0 aromatic carbocycles. The van der Waals surface area contributed by atoms with E-state index in [1.165, 1.54) is 0 Å². The fraction of sp³-hybridized carbons (Fsp3) is 0.588. The highest BCUT2D eigenvalue weighted by Gasteiger charge is 2.47. The van der Waals surface area contributed by atoms with Crippen LogP contribution >= 0.6 is 0 Å². The second kappa shape index (κ2) is 6.64. The van der Waals surface area contributed by atoms with Crippen LogP contribution in [0.2, 0.25) is 0 Å². The predicted octanol–water partition coefficient (Wildman–Crippen LogP) is 1.58. The molecule has 2 aliphatic rings. The van der Waals surface area contributed by atoms with Crippen molar-refractivity contribution in [1.82, 2.24) is 14.8 Å². The Balaban J connectivity index is 1.56. The minimum absolute atomic E-state index is 0.0107. The van der Waals surface area contributed by atoms with Crippen molar-refractivity contribution in [2.45, 2.75) is 37.8 Å². The van der Waals surface area contributed by atoms with E-state index in [0.29, 0.717) is 45.4 Å². The van der Waals surface area contributed by atoms with Crippen LogP contribution in [0.5, 0.6) is 0 Å². The van der Waals surface area contributed by atoms with E-state index in [4.69, 9.17) is 0 Å². The van der Waals surface area contributed by atoms with Crippen LogP contribution in [-0.4, -0.2) is 58.4 Å². The fourth-order valence-electron chi connectivity index (χ4n) is 3.12. The van der Waals surface area contributed by atoms with Gasteiger partial charge in [-0.05, 0) is 37.8 Å². The molecule has 2 heterocycles. The maximum Gasteiger partial charge on any atom is 0.260 e. The first kappa shape index (κ1) is 15.9. The Hall–Kier alpha value is -1.98. The lowest BCUT2D eigenvalue weighted by Crippen LogP contribution is -2.51. The van der Waals surface area contributed by atoms with Crippen LogP contribution < -0.4 is 0 Å². The van der Waals surface area contributed by atoms with Gasteiger partial charge in [0.25, 0.3) is 5.91 Å². The third-order valence-electron chi connectivity index (χ3n) is 4.72. The van der Waals surface area contributed by atoms with Crippen LogP contribution in [0.15, 0.2) is 24.4 Å². The number of rotatable bonds is 3. The molecule has 0 atom stereocenters. The molecule has 2 amide bonds. The van der Waals surface area contributed by atoms with Gasteiger partial charge in [-0.25, -0.2) is 4.39 Å². The zero-order valence-corrected chi connectivity index (χ0v) is 13.2. The molecule has 0 spiro atoms. The molecule has 23 heavy (non-hydrogen) atoms. The van der Waals surface area contributed by atoms with E-state index in [-0.39, 0.29) is 18.2 Å². The monoisotopic (exact) mass is 319 g/mol. The van der Waals surface area contributed by atoms with Gasteiger partial charge in [0.15, 0.2) is 5.67 Å². The molecule has 0 unspecified atom stereocenters. The highest BCUT2D eigenvalue weighted by molar-refractivity contribution is 5.86. The van der Waals surface area contributed by atoms with E-state index in [9.17, 15) is 14.0 Å². The lowest BCUT2D eigenvalue weighted by molar-refractivity contribution is -0.150. The standard InChI is InChI=1S/C17H22FN3O2/c18-17(6-3-7-17)16(23)21-10-4-9-20(11-12-21)15(22)13-14-5-1-2-8-19-14/h1-2,5,8H,3-4,6-7,9-13H2. The van der Waals surface area contributed by atoms with Gasteiger partial charge in [-0.15, -0.1) is 0 Å². The molecular formula is C17H22FN3O2. The molecule has 1 aliphatic carbocycles. The lowest BCUT2D eigenvalue weighted by atomic mass is 9.81. The molecule has 3 rings (SSSR count). The van der Waals surface area contributed by atoms with Crippen molar-refractivity contribution in [2.75, 3.05) is 26.2 Å². The van der Waals surface area contributed by atoms with Crippen LogP contribution in [-0.2, 0) is 16.0 Å². The zero-order valence-electron chi connectivity index (χ0n) is 13.2.